The summed E-state index contributed by atoms with van der Waals surface area (Å²) in [6.45, 7) is 11.3. The summed E-state index contributed by atoms with van der Waals surface area (Å²) in [5.41, 5.74) is 4.80. The molecule has 0 fully saturated rings. The van der Waals surface area contributed by atoms with E-state index >= 15 is 0 Å². The van der Waals surface area contributed by atoms with Crippen LogP contribution in [0.3, 0.4) is 0 Å². The van der Waals surface area contributed by atoms with Crippen LogP contribution in [0.15, 0.2) is 36.4 Å². The molecular formula is C24H30N2O2S. The van der Waals surface area contributed by atoms with E-state index in [1.165, 1.54) is 22.5 Å². The third-order valence-electron chi connectivity index (χ3n) is 5.41. The van der Waals surface area contributed by atoms with Crippen molar-refractivity contribution in [1.29, 1.82) is 0 Å². The first-order chi connectivity index (χ1) is 13.8. The number of fused-ring (bicyclic) bond motifs is 1. The Morgan fingerprint density at radius 2 is 1.90 bits per heavy atom. The van der Waals surface area contributed by atoms with Gasteiger partial charge in [0.2, 0.25) is 5.91 Å². The minimum absolute atomic E-state index is 0.0259. The standard InChI is InChI=1S/C24H30N2O2S/c1-6-24(4,5)18-9-11-19(12-10-18)28-13-7-8-21(27)25-23-26-22-17(3)14-16(2)15-20(22)29-23/h9-12,14-15H,6-8,13H2,1-5H3,(H,25,26,27). The first kappa shape index (κ1) is 21.3. The van der Waals surface area contributed by atoms with Crippen LogP contribution in [0.4, 0.5) is 5.13 Å². The lowest BCUT2D eigenvalue weighted by molar-refractivity contribution is -0.116. The third-order valence-corrected chi connectivity index (χ3v) is 6.33. The van der Waals surface area contributed by atoms with Gasteiger partial charge in [0.25, 0.3) is 0 Å². The lowest BCUT2D eigenvalue weighted by Gasteiger charge is -2.23. The molecule has 0 spiro atoms. The maximum absolute atomic E-state index is 12.2. The van der Waals surface area contributed by atoms with E-state index in [2.05, 4.69) is 62.3 Å². The number of thiazole rings is 1. The van der Waals surface area contributed by atoms with Gasteiger partial charge in [-0.2, -0.15) is 0 Å². The highest BCUT2D eigenvalue weighted by molar-refractivity contribution is 7.22. The molecule has 0 atom stereocenters. The topological polar surface area (TPSA) is 51.2 Å². The second kappa shape index (κ2) is 8.95. The largest absolute Gasteiger partial charge is 0.494 e. The Balaban J connectivity index is 1.46. The van der Waals surface area contributed by atoms with E-state index in [1.807, 2.05) is 19.1 Å². The highest BCUT2D eigenvalue weighted by atomic mass is 32.1. The Morgan fingerprint density at radius 1 is 1.17 bits per heavy atom. The Morgan fingerprint density at radius 3 is 2.59 bits per heavy atom. The third kappa shape index (κ3) is 5.36. The number of ether oxygens (including phenoxy) is 1. The summed E-state index contributed by atoms with van der Waals surface area (Å²) in [5, 5.41) is 3.58. The number of aryl methyl sites for hydroxylation is 2. The molecule has 0 unspecified atom stereocenters. The molecule has 2 aromatic carbocycles. The van der Waals surface area contributed by atoms with E-state index < -0.39 is 0 Å². The molecule has 0 bridgehead atoms. The summed E-state index contributed by atoms with van der Waals surface area (Å²) in [6.07, 6.45) is 2.17. The first-order valence-electron chi connectivity index (χ1n) is 10.2. The number of hydrogen-bond acceptors (Lipinski definition) is 4. The van der Waals surface area contributed by atoms with Gasteiger partial charge in [-0.25, -0.2) is 4.98 Å². The molecule has 0 saturated carbocycles. The van der Waals surface area contributed by atoms with Crippen LogP contribution in [0.5, 0.6) is 5.75 Å². The van der Waals surface area contributed by atoms with Crippen molar-refractivity contribution < 1.29 is 9.53 Å². The van der Waals surface area contributed by atoms with Gasteiger partial charge in [0.15, 0.2) is 5.13 Å². The summed E-state index contributed by atoms with van der Waals surface area (Å²) in [6, 6.07) is 12.5. The zero-order valence-electron chi connectivity index (χ0n) is 18.0. The molecule has 1 aromatic heterocycles. The van der Waals surface area contributed by atoms with E-state index in [0.717, 1.165) is 28.0 Å². The lowest BCUT2D eigenvalue weighted by atomic mass is 9.82. The molecule has 0 aliphatic heterocycles. The van der Waals surface area contributed by atoms with Gasteiger partial charge in [-0.1, -0.05) is 50.3 Å². The number of aromatic nitrogens is 1. The van der Waals surface area contributed by atoms with Gasteiger partial charge in [-0.3, -0.25) is 4.79 Å². The van der Waals surface area contributed by atoms with E-state index in [0.29, 0.717) is 24.6 Å². The van der Waals surface area contributed by atoms with Gasteiger partial charge in [-0.15, -0.1) is 0 Å². The van der Waals surface area contributed by atoms with E-state index in [9.17, 15) is 4.79 Å². The highest BCUT2D eigenvalue weighted by Crippen LogP contribution is 2.30. The second-order valence-corrected chi connectivity index (χ2v) is 9.24. The van der Waals surface area contributed by atoms with Crippen molar-refractivity contribution in [3.63, 3.8) is 0 Å². The van der Waals surface area contributed by atoms with Crippen LogP contribution >= 0.6 is 11.3 Å². The van der Waals surface area contributed by atoms with E-state index in [-0.39, 0.29) is 11.3 Å². The van der Waals surface area contributed by atoms with Crippen molar-refractivity contribution >= 4 is 32.6 Å². The van der Waals surface area contributed by atoms with Gasteiger partial charge in [0.1, 0.15) is 5.75 Å². The molecule has 154 valence electrons. The zero-order valence-corrected chi connectivity index (χ0v) is 18.8. The van der Waals surface area contributed by atoms with Gasteiger partial charge >= 0.3 is 0 Å². The van der Waals surface area contributed by atoms with Crippen LogP contribution in [0.1, 0.15) is 56.7 Å². The van der Waals surface area contributed by atoms with Crippen LogP contribution in [0.25, 0.3) is 10.2 Å². The fraction of sp³-hybridized carbons (Fsp3) is 0.417. The molecule has 3 aromatic rings. The van der Waals surface area contributed by atoms with Crippen molar-refractivity contribution in [3.8, 4) is 5.75 Å². The number of carbonyl (C=O) groups excluding carboxylic acids is 1. The zero-order chi connectivity index (χ0) is 21.0. The van der Waals surface area contributed by atoms with Crippen LogP contribution in [0.2, 0.25) is 0 Å². The van der Waals surface area contributed by atoms with Crippen molar-refractivity contribution in [1.82, 2.24) is 4.98 Å². The van der Waals surface area contributed by atoms with E-state index in [1.54, 1.807) is 0 Å². The Labute approximate surface area is 177 Å². The lowest BCUT2D eigenvalue weighted by Crippen LogP contribution is -2.15. The molecule has 4 nitrogen and oxygen atoms in total. The Bertz CT molecular complexity index is 990. The average Bonchev–Trinajstić information content (AvgIpc) is 3.08. The van der Waals surface area contributed by atoms with Crippen LogP contribution < -0.4 is 10.1 Å². The summed E-state index contributed by atoms with van der Waals surface area (Å²) in [5.74, 6) is 0.820. The van der Waals surface area contributed by atoms with Crippen LogP contribution in [0, 0.1) is 13.8 Å². The van der Waals surface area contributed by atoms with Gasteiger partial charge in [0.05, 0.1) is 16.8 Å². The second-order valence-electron chi connectivity index (χ2n) is 8.21. The number of carbonyl (C=O) groups is 1. The van der Waals surface area contributed by atoms with Crippen molar-refractivity contribution in [2.45, 2.75) is 59.3 Å². The fourth-order valence-corrected chi connectivity index (χ4v) is 4.29. The smallest absolute Gasteiger partial charge is 0.226 e. The molecule has 0 aliphatic carbocycles. The maximum atomic E-state index is 12.2. The molecule has 1 N–H and O–H groups in total. The number of nitrogens with one attached hydrogen (secondary N) is 1. The summed E-state index contributed by atoms with van der Waals surface area (Å²) >= 11 is 1.52. The first-order valence-corrected chi connectivity index (χ1v) is 11.0. The number of rotatable bonds is 8. The molecule has 1 heterocycles. The summed E-state index contributed by atoms with van der Waals surface area (Å²) in [7, 11) is 0. The molecule has 0 saturated heterocycles. The van der Waals surface area contributed by atoms with E-state index in [4.69, 9.17) is 4.74 Å². The Kier molecular flexibility index (Phi) is 6.58. The molecule has 5 heteroatoms. The summed E-state index contributed by atoms with van der Waals surface area (Å²) < 4.78 is 6.90. The predicted molar refractivity (Wildman–Crippen MR) is 122 cm³/mol. The molecule has 29 heavy (non-hydrogen) atoms. The summed E-state index contributed by atoms with van der Waals surface area (Å²) in [4.78, 5) is 16.8. The Hall–Kier alpha value is -2.40. The predicted octanol–water partition coefficient (Wildman–Crippen LogP) is 6.40. The molecule has 0 aliphatic rings. The van der Waals surface area contributed by atoms with Crippen LogP contribution in [-0.4, -0.2) is 17.5 Å². The highest BCUT2D eigenvalue weighted by Gasteiger charge is 2.17. The monoisotopic (exact) mass is 410 g/mol. The average molecular weight is 411 g/mol. The number of amides is 1. The minimum atomic E-state index is -0.0259. The van der Waals surface area contributed by atoms with Gasteiger partial charge in [0, 0.05) is 6.42 Å². The minimum Gasteiger partial charge on any atom is -0.494 e. The van der Waals surface area contributed by atoms with Crippen LogP contribution in [-0.2, 0) is 10.2 Å². The number of nitrogens with zero attached hydrogens (tertiary/aromatic N) is 1. The SMILES string of the molecule is CCC(C)(C)c1ccc(OCCCC(=O)Nc2nc3c(C)cc(C)cc3s2)cc1. The van der Waals surface area contributed by atoms with Crippen molar-refractivity contribution in [3.05, 3.63) is 53.1 Å². The van der Waals surface area contributed by atoms with Gasteiger partial charge < -0.3 is 10.1 Å². The molecule has 0 radical (unpaired) electrons. The normalized spacial score (nSPS) is 11.6. The maximum Gasteiger partial charge on any atom is 0.226 e. The molecule has 1 amide bonds. The number of benzene rings is 2. The molecule has 3 rings (SSSR count). The van der Waals surface area contributed by atoms with Crippen molar-refractivity contribution in [2.24, 2.45) is 0 Å². The number of hydrogen-bond donors (Lipinski definition) is 1. The quantitative estimate of drug-likeness (QED) is 0.437. The number of anilines is 1. The fourth-order valence-electron chi connectivity index (χ4n) is 3.24. The van der Waals surface area contributed by atoms with Crippen molar-refractivity contribution in [2.75, 3.05) is 11.9 Å². The molecular weight excluding hydrogens is 380 g/mol. The van der Waals surface area contributed by atoms with Gasteiger partial charge in [-0.05, 0) is 67.0 Å².